The molecule has 1 fully saturated rings. The number of nitrogens with one attached hydrogen (secondary N) is 2. The van der Waals surface area contributed by atoms with Crippen LogP contribution in [-0.4, -0.2) is 55.8 Å². The Bertz CT molecular complexity index is 1450. The van der Waals surface area contributed by atoms with Crippen molar-refractivity contribution in [3.05, 3.63) is 83.4 Å². The monoisotopic (exact) mass is 552 g/mol. The van der Waals surface area contributed by atoms with Gasteiger partial charge in [-0.15, -0.1) is 6.42 Å². The molecule has 9 nitrogen and oxygen atoms in total. The van der Waals surface area contributed by atoms with Crippen molar-refractivity contribution in [2.75, 3.05) is 37.4 Å². The maximum atomic E-state index is 13.1. The first kappa shape index (κ1) is 28.9. The number of aliphatic imine (C=N–C) groups is 1. The summed E-state index contributed by atoms with van der Waals surface area (Å²) in [5, 5.41) is 5.64. The Labute approximate surface area is 239 Å². The molecule has 2 amide bonds. The number of carbonyl (C=O) groups excluding carboxylic acids is 3. The number of anilines is 2. The highest BCUT2D eigenvalue weighted by Crippen LogP contribution is 2.25. The summed E-state index contributed by atoms with van der Waals surface area (Å²) < 4.78 is 10.4. The predicted octanol–water partition coefficient (Wildman–Crippen LogP) is 5.12. The summed E-state index contributed by atoms with van der Waals surface area (Å²) in [4.78, 5) is 44.6. The number of esters is 1. The zero-order valence-corrected chi connectivity index (χ0v) is 23.1. The Kier molecular flexibility index (Phi) is 9.73. The number of rotatable bonds is 9. The lowest BCUT2D eigenvalue weighted by Crippen LogP contribution is -2.36. The number of carbonyl (C=O) groups is 3. The van der Waals surface area contributed by atoms with E-state index in [-0.39, 0.29) is 23.4 Å². The quantitative estimate of drug-likeness (QED) is 0.165. The Morgan fingerprint density at radius 3 is 2.34 bits per heavy atom. The van der Waals surface area contributed by atoms with Crippen molar-refractivity contribution in [3.63, 3.8) is 0 Å². The van der Waals surface area contributed by atoms with E-state index >= 15 is 0 Å². The number of hydrogen-bond donors (Lipinski definition) is 2. The van der Waals surface area contributed by atoms with Crippen molar-refractivity contribution in [1.82, 2.24) is 4.90 Å². The minimum Gasteiger partial charge on any atom is -0.497 e. The van der Waals surface area contributed by atoms with E-state index in [9.17, 15) is 14.4 Å². The normalized spacial score (nSPS) is 13.3. The molecule has 0 unspecified atom stereocenters. The van der Waals surface area contributed by atoms with Gasteiger partial charge in [0.1, 0.15) is 5.75 Å². The van der Waals surface area contributed by atoms with E-state index in [0.29, 0.717) is 40.5 Å². The second-order valence-electron chi connectivity index (χ2n) is 9.40. The molecule has 3 aromatic carbocycles. The Hall–Kier alpha value is -5.10. The fourth-order valence-corrected chi connectivity index (χ4v) is 4.35. The van der Waals surface area contributed by atoms with Gasteiger partial charge in [0.2, 0.25) is 0 Å². The molecule has 0 atom stereocenters. The SMILES string of the molecule is C#Cc1ccc(NC(=O)c2cc(OC)ccc2NC(=O)c2ccc(N=CN3CCC(C(=O)OCC)CC3)cc2)cc1. The van der Waals surface area contributed by atoms with Crippen molar-refractivity contribution in [3.8, 4) is 18.1 Å². The largest absolute Gasteiger partial charge is 0.497 e. The zero-order chi connectivity index (χ0) is 29.2. The molecule has 0 aliphatic carbocycles. The third-order valence-corrected chi connectivity index (χ3v) is 6.68. The van der Waals surface area contributed by atoms with Crippen LogP contribution in [0.5, 0.6) is 5.75 Å². The standard InChI is InChI=1S/C32H32N4O5/c1-4-22-6-10-26(11-7-22)34-31(38)28-20-27(40-3)14-15-29(28)35-30(37)23-8-12-25(13-9-23)33-21-36-18-16-24(17-19-36)32(39)41-5-2/h1,6-15,20-21,24H,5,16-19H2,2-3H3,(H,34,38)(H,35,37). The minimum absolute atomic E-state index is 0.0601. The van der Waals surface area contributed by atoms with Gasteiger partial charge in [0, 0.05) is 29.9 Å². The van der Waals surface area contributed by atoms with Gasteiger partial charge in [0.05, 0.1) is 42.9 Å². The number of ether oxygens (including phenoxy) is 2. The van der Waals surface area contributed by atoms with E-state index in [0.717, 1.165) is 25.9 Å². The molecule has 2 N–H and O–H groups in total. The lowest BCUT2D eigenvalue weighted by atomic mass is 9.97. The molecule has 4 rings (SSSR count). The lowest BCUT2D eigenvalue weighted by Gasteiger charge is -2.29. The van der Waals surface area contributed by atoms with Crippen LogP contribution in [0.4, 0.5) is 17.1 Å². The second kappa shape index (κ2) is 13.8. The predicted molar refractivity (Wildman–Crippen MR) is 159 cm³/mol. The number of methoxy groups -OCH3 is 1. The number of piperidine rings is 1. The topological polar surface area (TPSA) is 109 Å². The fourth-order valence-electron chi connectivity index (χ4n) is 4.35. The lowest BCUT2D eigenvalue weighted by molar-refractivity contribution is -0.149. The average Bonchev–Trinajstić information content (AvgIpc) is 3.01. The third-order valence-electron chi connectivity index (χ3n) is 6.68. The highest BCUT2D eigenvalue weighted by atomic mass is 16.5. The fraction of sp³-hybridized carbons (Fsp3) is 0.250. The van der Waals surface area contributed by atoms with Crippen LogP contribution in [0, 0.1) is 18.3 Å². The molecule has 9 heteroatoms. The summed E-state index contributed by atoms with van der Waals surface area (Å²) in [6.45, 7) is 3.66. The van der Waals surface area contributed by atoms with Crippen LogP contribution in [0.3, 0.4) is 0 Å². The van der Waals surface area contributed by atoms with Gasteiger partial charge in [-0.05, 0) is 86.5 Å². The molecule has 41 heavy (non-hydrogen) atoms. The summed E-state index contributed by atoms with van der Waals surface area (Å²) in [5.74, 6) is 2.03. The van der Waals surface area contributed by atoms with Crippen LogP contribution >= 0.6 is 0 Å². The maximum Gasteiger partial charge on any atom is 0.309 e. The number of hydrogen-bond acceptors (Lipinski definition) is 6. The van der Waals surface area contributed by atoms with Crippen molar-refractivity contribution in [2.24, 2.45) is 10.9 Å². The van der Waals surface area contributed by atoms with E-state index in [1.165, 1.54) is 7.11 Å². The molecule has 0 aromatic heterocycles. The smallest absolute Gasteiger partial charge is 0.309 e. The number of nitrogens with zero attached hydrogens (tertiary/aromatic N) is 2. The van der Waals surface area contributed by atoms with Gasteiger partial charge in [-0.3, -0.25) is 14.4 Å². The molecule has 0 bridgehead atoms. The number of likely N-dealkylation sites (tertiary alicyclic amines) is 1. The van der Waals surface area contributed by atoms with Crippen LogP contribution in [0.25, 0.3) is 0 Å². The van der Waals surface area contributed by atoms with Gasteiger partial charge in [-0.25, -0.2) is 4.99 Å². The Balaban J connectivity index is 1.39. The van der Waals surface area contributed by atoms with E-state index < -0.39 is 5.91 Å². The molecular formula is C32H32N4O5. The number of benzene rings is 3. The summed E-state index contributed by atoms with van der Waals surface area (Å²) in [6, 6.07) is 18.6. The molecule has 210 valence electrons. The van der Waals surface area contributed by atoms with Crippen LogP contribution in [0.2, 0.25) is 0 Å². The average molecular weight is 553 g/mol. The molecular weight excluding hydrogens is 520 g/mol. The van der Waals surface area contributed by atoms with Crippen LogP contribution in [0.15, 0.2) is 71.7 Å². The summed E-state index contributed by atoms with van der Waals surface area (Å²) >= 11 is 0. The zero-order valence-electron chi connectivity index (χ0n) is 23.1. The molecule has 0 radical (unpaired) electrons. The molecule has 0 saturated carbocycles. The van der Waals surface area contributed by atoms with Crippen LogP contribution in [-0.2, 0) is 9.53 Å². The van der Waals surface area contributed by atoms with E-state index in [1.54, 1.807) is 73.1 Å². The number of amides is 2. The first-order valence-corrected chi connectivity index (χ1v) is 13.3. The summed E-state index contributed by atoms with van der Waals surface area (Å²) in [5.41, 5.74) is 2.94. The van der Waals surface area contributed by atoms with E-state index in [1.807, 2.05) is 6.92 Å². The van der Waals surface area contributed by atoms with E-state index in [4.69, 9.17) is 15.9 Å². The second-order valence-corrected chi connectivity index (χ2v) is 9.40. The third kappa shape index (κ3) is 7.73. The van der Waals surface area contributed by atoms with Gasteiger partial charge in [-0.1, -0.05) is 5.92 Å². The van der Waals surface area contributed by atoms with Gasteiger partial charge in [-0.2, -0.15) is 0 Å². The molecule has 0 spiro atoms. The van der Waals surface area contributed by atoms with Gasteiger partial charge >= 0.3 is 5.97 Å². The molecule has 1 aliphatic rings. The maximum absolute atomic E-state index is 13.1. The van der Waals surface area contributed by atoms with Gasteiger partial charge in [0.25, 0.3) is 11.8 Å². The van der Waals surface area contributed by atoms with Gasteiger partial charge < -0.3 is 25.0 Å². The highest BCUT2D eigenvalue weighted by molar-refractivity contribution is 6.12. The summed E-state index contributed by atoms with van der Waals surface area (Å²) in [6.07, 6.45) is 8.62. The van der Waals surface area contributed by atoms with Gasteiger partial charge in [0.15, 0.2) is 0 Å². The van der Waals surface area contributed by atoms with Crippen molar-refractivity contribution in [2.45, 2.75) is 19.8 Å². The van der Waals surface area contributed by atoms with Crippen molar-refractivity contribution in [1.29, 1.82) is 0 Å². The van der Waals surface area contributed by atoms with E-state index in [2.05, 4.69) is 26.4 Å². The molecule has 3 aromatic rings. The Morgan fingerprint density at radius 2 is 1.71 bits per heavy atom. The first-order chi connectivity index (χ1) is 19.9. The molecule has 1 aliphatic heterocycles. The van der Waals surface area contributed by atoms with Crippen molar-refractivity contribution >= 4 is 41.2 Å². The molecule has 1 heterocycles. The molecule has 1 saturated heterocycles. The van der Waals surface area contributed by atoms with Crippen molar-refractivity contribution < 1.29 is 23.9 Å². The minimum atomic E-state index is -0.413. The van der Waals surface area contributed by atoms with Crippen LogP contribution in [0.1, 0.15) is 46.0 Å². The first-order valence-electron chi connectivity index (χ1n) is 13.3. The summed E-state index contributed by atoms with van der Waals surface area (Å²) in [7, 11) is 1.50. The van der Waals surface area contributed by atoms with Crippen LogP contribution < -0.4 is 15.4 Å². The highest BCUT2D eigenvalue weighted by Gasteiger charge is 2.25. The Morgan fingerprint density at radius 1 is 1.00 bits per heavy atom. The number of terminal acetylenes is 1.